The summed E-state index contributed by atoms with van der Waals surface area (Å²) in [6.45, 7) is 0.161. The van der Waals surface area contributed by atoms with Crippen molar-refractivity contribution in [3.8, 4) is 0 Å². The molecule has 36 heavy (non-hydrogen) atoms. The molecule has 0 aliphatic carbocycles. The lowest BCUT2D eigenvalue weighted by Crippen LogP contribution is -2.70. The number of β-lactam (4-membered cyclic amide) rings is 1. The predicted molar refractivity (Wildman–Crippen MR) is 128 cm³/mol. The number of thioether (sulfide) groups is 1. The molecule has 0 aromatic heterocycles. The maximum atomic E-state index is 12.9. The van der Waals surface area contributed by atoms with Gasteiger partial charge in [0.05, 0.1) is 4.92 Å². The van der Waals surface area contributed by atoms with Crippen LogP contribution in [-0.4, -0.2) is 67.9 Å². The molecule has 194 valence electrons. The number of ether oxygens (including phenoxy) is 3. The molecule has 2 aliphatic rings. The van der Waals surface area contributed by atoms with Crippen LogP contribution in [0.2, 0.25) is 0 Å². The van der Waals surface area contributed by atoms with Gasteiger partial charge in [0.25, 0.3) is 11.6 Å². The minimum Gasteiger partial charge on any atom is -0.461 e. The SMILES string of the molecule is CC(=O)OCC1=C(C(=O)OCC(Cl)(Cl)Cl)N2C(=O)C(NC(=O)OCc3ccc([N+](=O)[O-])cc3)[C@@H]2SC1. The average Bonchev–Trinajstić information content (AvgIpc) is 2.82. The number of fused-ring (bicyclic) bond motifs is 1. The van der Waals surface area contributed by atoms with Crippen molar-refractivity contribution in [1.82, 2.24) is 10.2 Å². The molecule has 2 atom stereocenters. The number of esters is 2. The average molecular weight is 583 g/mol. The van der Waals surface area contributed by atoms with Crippen molar-refractivity contribution in [2.75, 3.05) is 19.0 Å². The van der Waals surface area contributed by atoms with Gasteiger partial charge in [-0.15, -0.1) is 11.8 Å². The fourth-order valence-corrected chi connectivity index (χ4v) is 4.71. The Balaban J connectivity index is 1.65. The van der Waals surface area contributed by atoms with Crippen molar-refractivity contribution >= 4 is 76.2 Å². The third kappa shape index (κ3) is 6.93. The lowest BCUT2D eigenvalue weighted by molar-refractivity contribution is -0.384. The fraction of sp³-hybridized carbons (Fsp3) is 0.400. The first-order chi connectivity index (χ1) is 16.9. The molecule has 1 aromatic rings. The molecule has 1 fully saturated rings. The van der Waals surface area contributed by atoms with Crippen molar-refractivity contribution in [2.45, 2.75) is 28.7 Å². The first-order valence-electron chi connectivity index (χ1n) is 10.1. The number of alkyl halides is 3. The van der Waals surface area contributed by atoms with Gasteiger partial charge in [0.15, 0.2) is 0 Å². The van der Waals surface area contributed by atoms with Crippen molar-refractivity contribution in [3.05, 3.63) is 51.2 Å². The summed E-state index contributed by atoms with van der Waals surface area (Å²) in [5, 5.41) is 12.5. The topological polar surface area (TPSA) is 154 Å². The van der Waals surface area contributed by atoms with E-state index in [0.29, 0.717) is 11.1 Å². The van der Waals surface area contributed by atoms with E-state index in [0.717, 1.165) is 4.90 Å². The number of carbonyl (C=O) groups is 4. The molecule has 2 amide bonds. The molecule has 1 N–H and O–H groups in total. The highest BCUT2D eigenvalue weighted by molar-refractivity contribution is 8.00. The smallest absolute Gasteiger partial charge is 0.408 e. The first-order valence-corrected chi connectivity index (χ1v) is 12.3. The summed E-state index contributed by atoms with van der Waals surface area (Å²) >= 11 is 18.1. The second-order valence-corrected chi connectivity index (χ2v) is 11.1. The Bertz CT molecular complexity index is 1110. The van der Waals surface area contributed by atoms with Gasteiger partial charge < -0.3 is 19.5 Å². The standard InChI is InChI=1S/C20H18Cl3N3O9S/c1-10(27)33-7-12-8-36-17-14(16(28)25(17)15(12)18(29)35-9-20(21,22)23)24-19(30)34-6-11-2-4-13(5-3-11)26(31)32/h2-5,14,17H,6-9H2,1H3,(H,24,30)/t14?,17-/m0/s1. The second-order valence-electron chi connectivity index (χ2n) is 7.46. The highest BCUT2D eigenvalue weighted by Gasteiger charge is 2.55. The van der Waals surface area contributed by atoms with E-state index in [4.69, 9.17) is 49.0 Å². The van der Waals surface area contributed by atoms with E-state index in [1.54, 1.807) is 0 Å². The molecule has 2 aliphatic heterocycles. The van der Waals surface area contributed by atoms with Gasteiger partial charge in [0, 0.05) is 30.4 Å². The van der Waals surface area contributed by atoms with E-state index in [1.165, 1.54) is 43.0 Å². The van der Waals surface area contributed by atoms with Crippen molar-refractivity contribution in [1.29, 1.82) is 0 Å². The number of benzene rings is 1. The Morgan fingerprint density at radius 1 is 1.17 bits per heavy atom. The summed E-state index contributed by atoms with van der Waals surface area (Å²) in [6, 6.07) is 4.40. The van der Waals surface area contributed by atoms with Crippen LogP contribution in [0, 0.1) is 10.1 Å². The molecule has 0 bridgehead atoms. The van der Waals surface area contributed by atoms with Gasteiger partial charge in [-0.1, -0.05) is 34.8 Å². The lowest BCUT2D eigenvalue weighted by atomic mass is 10.0. The van der Waals surface area contributed by atoms with Gasteiger partial charge >= 0.3 is 18.0 Å². The fourth-order valence-electron chi connectivity index (χ4n) is 3.22. The number of nitro benzene ring substituents is 1. The summed E-state index contributed by atoms with van der Waals surface area (Å²) in [4.78, 5) is 60.4. The molecule has 3 rings (SSSR count). The van der Waals surface area contributed by atoms with Crippen molar-refractivity contribution in [3.63, 3.8) is 0 Å². The minimum absolute atomic E-state index is 0.109. The van der Waals surface area contributed by atoms with Gasteiger partial charge in [-0.25, -0.2) is 9.59 Å². The van der Waals surface area contributed by atoms with Crippen LogP contribution >= 0.6 is 46.6 Å². The van der Waals surface area contributed by atoms with Crippen LogP contribution in [0.5, 0.6) is 0 Å². The third-order valence-electron chi connectivity index (χ3n) is 4.85. The molecule has 0 spiro atoms. The maximum Gasteiger partial charge on any atom is 0.408 e. The van der Waals surface area contributed by atoms with E-state index in [9.17, 15) is 29.3 Å². The predicted octanol–water partition coefficient (Wildman–Crippen LogP) is 2.84. The number of nitro groups is 1. The Labute approximate surface area is 223 Å². The quantitative estimate of drug-likeness (QED) is 0.121. The number of hydrogen-bond acceptors (Lipinski definition) is 10. The first kappa shape index (κ1) is 27.8. The Hall–Kier alpha value is -2.74. The number of rotatable bonds is 8. The number of amides is 2. The van der Waals surface area contributed by atoms with Crippen LogP contribution < -0.4 is 5.32 Å². The molecule has 12 nitrogen and oxygen atoms in total. The number of nitrogens with zero attached hydrogens (tertiary/aromatic N) is 2. The van der Waals surface area contributed by atoms with Gasteiger partial charge in [-0.05, 0) is 17.7 Å². The van der Waals surface area contributed by atoms with E-state index in [-0.39, 0.29) is 30.4 Å². The number of alkyl carbamates (subject to hydrolysis) is 1. The summed E-state index contributed by atoms with van der Waals surface area (Å²) in [6.07, 6.45) is -0.901. The van der Waals surface area contributed by atoms with Crippen LogP contribution in [-0.2, 0) is 35.2 Å². The lowest BCUT2D eigenvalue weighted by Gasteiger charge is -2.49. The summed E-state index contributed by atoms with van der Waals surface area (Å²) in [5.74, 6) is -1.98. The van der Waals surface area contributed by atoms with E-state index in [1.807, 2.05) is 0 Å². The molecule has 1 saturated heterocycles. The van der Waals surface area contributed by atoms with Gasteiger partial charge in [0.1, 0.15) is 36.9 Å². The van der Waals surface area contributed by atoms with Gasteiger partial charge in [0.2, 0.25) is 3.79 Å². The number of non-ortho nitro benzene ring substituents is 1. The monoisotopic (exact) mass is 581 g/mol. The molecular formula is C20H18Cl3N3O9S. The summed E-state index contributed by atoms with van der Waals surface area (Å²) < 4.78 is 13.2. The minimum atomic E-state index is -1.88. The van der Waals surface area contributed by atoms with Crippen LogP contribution in [0.3, 0.4) is 0 Å². The normalized spacial score (nSPS) is 19.1. The van der Waals surface area contributed by atoms with Crippen LogP contribution in [0.15, 0.2) is 35.5 Å². The number of hydrogen-bond donors (Lipinski definition) is 1. The molecular weight excluding hydrogens is 565 g/mol. The molecule has 0 radical (unpaired) electrons. The Morgan fingerprint density at radius 2 is 1.83 bits per heavy atom. The van der Waals surface area contributed by atoms with Gasteiger partial charge in [-0.3, -0.25) is 24.6 Å². The molecule has 1 unspecified atom stereocenters. The van der Waals surface area contributed by atoms with Crippen molar-refractivity contribution < 1.29 is 38.3 Å². The Morgan fingerprint density at radius 3 is 2.42 bits per heavy atom. The van der Waals surface area contributed by atoms with E-state index >= 15 is 0 Å². The highest BCUT2D eigenvalue weighted by Crippen LogP contribution is 2.41. The third-order valence-corrected chi connectivity index (χ3v) is 6.51. The van der Waals surface area contributed by atoms with Crippen LogP contribution in [0.1, 0.15) is 12.5 Å². The molecule has 1 aromatic carbocycles. The van der Waals surface area contributed by atoms with Crippen molar-refractivity contribution in [2.24, 2.45) is 0 Å². The largest absolute Gasteiger partial charge is 0.461 e. The van der Waals surface area contributed by atoms with Gasteiger partial charge in [-0.2, -0.15) is 0 Å². The zero-order valence-electron chi connectivity index (χ0n) is 18.4. The van der Waals surface area contributed by atoms with E-state index < -0.39 is 50.7 Å². The second kappa shape index (κ2) is 11.5. The van der Waals surface area contributed by atoms with E-state index in [2.05, 4.69) is 5.32 Å². The highest BCUT2D eigenvalue weighted by atomic mass is 35.6. The van der Waals surface area contributed by atoms with Crippen LogP contribution in [0.4, 0.5) is 10.5 Å². The summed E-state index contributed by atoms with van der Waals surface area (Å²) in [5.41, 5.74) is 0.549. The Kier molecular flexibility index (Phi) is 8.93. The number of carbonyl (C=O) groups excluding carboxylic acids is 4. The van der Waals surface area contributed by atoms with Crippen LogP contribution in [0.25, 0.3) is 0 Å². The molecule has 0 saturated carbocycles. The molecule has 16 heteroatoms. The molecule has 2 heterocycles. The zero-order chi connectivity index (χ0) is 26.6. The number of halogens is 3. The maximum absolute atomic E-state index is 12.9. The number of nitrogens with one attached hydrogen (secondary N) is 1. The zero-order valence-corrected chi connectivity index (χ0v) is 21.5. The summed E-state index contributed by atoms with van der Waals surface area (Å²) in [7, 11) is 0.